The minimum Gasteiger partial charge on any atom is -0.480 e. The van der Waals surface area contributed by atoms with E-state index in [1.54, 1.807) is 6.07 Å². The van der Waals surface area contributed by atoms with Crippen LogP contribution >= 0.6 is 22.9 Å². The van der Waals surface area contributed by atoms with Crippen molar-refractivity contribution in [1.82, 2.24) is 5.32 Å². The van der Waals surface area contributed by atoms with E-state index in [0.717, 1.165) is 17.7 Å². The van der Waals surface area contributed by atoms with Gasteiger partial charge >= 0.3 is 5.97 Å². The molecule has 0 spiro atoms. The van der Waals surface area contributed by atoms with Gasteiger partial charge in [0.05, 0.1) is 4.34 Å². The minimum atomic E-state index is -1.04. The Hall–Kier alpha value is -1.07. The molecular formula is C13H16ClNO3S. The molecule has 2 rings (SSSR count). The van der Waals surface area contributed by atoms with Crippen molar-refractivity contribution in [2.45, 2.75) is 44.1 Å². The first-order valence-electron chi connectivity index (χ1n) is 6.30. The molecule has 0 saturated heterocycles. The van der Waals surface area contributed by atoms with E-state index in [0.29, 0.717) is 30.0 Å². The molecule has 1 heterocycles. The van der Waals surface area contributed by atoms with E-state index >= 15 is 0 Å². The van der Waals surface area contributed by atoms with Crippen LogP contribution in [0, 0.1) is 0 Å². The highest BCUT2D eigenvalue weighted by atomic mass is 35.5. The molecule has 1 aliphatic rings. The predicted octanol–water partition coefficient (Wildman–Crippen LogP) is 2.85. The number of amides is 1. The standard InChI is InChI=1S/C13H16ClNO3S/c14-10-5-3-9(19-10)4-6-11(16)15-13(12(17)18)7-1-2-8-13/h3,5H,1-2,4,6-8H2,(H,15,16)(H,17,18). The molecule has 0 unspecified atom stereocenters. The van der Waals surface area contributed by atoms with Gasteiger partial charge in [-0.15, -0.1) is 11.3 Å². The van der Waals surface area contributed by atoms with Gasteiger partial charge in [0.15, 0.2) is 0 Å². The van der Waals surface area contributed by atoms with E-state index in [2.05, 4.69) is 5.32 Å². The van der Waals surface area contributed by atoms with Crippen molar-refractivity contribution < 1.29 is 14.7 Å². The van der Waals surface area contributed by atoms with Crippen LogP contribution in [0.25, 0.3) is 0 Å². The summed E-state index contributed by atoms with van der Waals surface area (Å²) in [6.07, 6.45) is 3.66. The number of nitrogens with one attached hydrogen (secondary N) is 1. The lowest BCUT2D eigenvalue weighted by Crippen LogP contribution is -2.52. The molecule has 0 bridgehead atoms. The van der Waals surface area contributed by atoms with Crippen LogP contribution in [0.15, 0.2) is 12.1 Å². The summed E-state index contributed by atoms with van der Waals surface area (Å²) in [6, 6.07) is 3.69. The first-order valence-corrected chi connectivity index (χ1v) is 7.50. The Morgan fingerprint density at radius 2 is 2.05 bits per heavy atom. The summed E-state index contributed by atoms with van der Waals surface area (Å²) in [5.41, 5.74) is -1.04. The monoisotopic (exact) mass is 301 g/mol. The number of carboxylic acid groups (broad SMARTS) is 1. The number of carboxylic acids is 1. The number of hydrogen-bond donors (Lipinski definition) is 2. The number of hydrogen-bond acceptors (Lipinski definition) is 3. The summed E-state index contributed by atoms with van der Waals surface area (Å²) in [6.45, 7) is 0. The van der Waals surface area contributed by atoms with E-state index in [9.17, 15) is 14.7 Å². The molecule has 1 fully saturated rings. The Bertz CT molecular complexity index is 480. The second-order valence-electron chi connectivity index (χ2n) is 4.85. The van der Waals surface area contributed by atoms with E-state index in [4.69, 9.17) is 11.6 Å². The van der Waals surface area contributed by atoms with Crippen LogP contribution in [0.2, 0.25) is 4.34 Å². The molecule has 4 nitrogen and oxygen atoms in total. The van der Waals surface area contributed by atoms with Crippen LogP contribution < -0.4 is 5.32 Å². The lowest BCUT2D eigenvalue weighted by molar-refractivity contribution is -0.147. The molecule has 1 aromatic heterocycles. The maximum absolute atomic E-state index is 11.9. The number of carbonyl (C=O) groups is 2. The highest BCUT2D eigenvalue weighted by Gasteiger charge is 2.42. The van der Waals surface area contributed by atoms with Crippen LogP contribution in [-0.2, 0) is 16.0 Å². The Balaban J connectivity index is 1.88. The van der Waals surface area contributed by atoms with Gasteiger partial charge in [-0.05, 0) is 31.4 Å². The predicted molar refractivity (Wildman–Crippen MR) is 74.6 cm³/mol. The van der Waals surface area contributed by atoms with Crippen LogP contribution in [0.1, 0.15) is 37.0 Å². The zero-order chi connectivity index (χ0) is 13.9. The first kappa shape index (κ1) is 14.3. The topological polar surface area (TPSA) is 66.4 Å². The van der Waals surface area contributed by atoms with E-state index < -0.39 is 11.5 Å². The van der Waals surface area contributed by atoms with Crippen molar-refractivity contribution in [3.63, 3.8) is 0 Å². The number of aliphatic carboxylic acids is 1. The molecule has 0 aliphatic heterocycles. The third-order valence-electron chi connectivity index (χ3n) is 3.47. The van der Waals surface area contributed by atoms with Gasteiger partial charge in [-0.25, -0.2) is 4.79 Å². The summed E-state index contributed by atoms with van der Waals surface area (Å²) >= 11 is 7.26. The summed E-state index contributed by atoms with van der Waals surface area (Å²) in [5, 5.41) is 12.0. The van der Waals surface area contributed by atoms with Crippen LogP contribution in [-0.4, -0.2) is 22.5 Å². The van der Waals surface area contributed by atoms with Gasteiger partial charge in [-0.2, -0.15) is 0 Å². The molecule has 0 radical (unpaired) electrons. The molecule has 1 aromatic rings. The number of halogens is 1. The Labute approximate surface area is 120 Å². The van der Waals surface area contributed by atoms with Crippen molar-refractivity contribution in [3.05, 3.63) is 21.3 Å². The highest BCUT2D eigenvalue weighted by Crippen LogP contribution is 2.30. The quantitative estimate of drug-likeness (QED) is 0.879. The SMILES string of the molecule is O=C(CCc1ccc(Cl)s1)NC1(C(=O)O)CCCC1. The van der Waals surface area contributed by atoms with Gasteiger partial charge in [0, 0.05) is 11.3 Å². The number of rotatable bonds is 5. The second-order valence-corrected chi connectivity index (χ2v) is 6.65. The van der Waals surface area contributed by atoms with Gasteiger partial charge in [-0.1, -0.05) is 24.4 Å². The fraction of sp³-hybridized carbons (Fsp3) is 0.538. The van der Waals surface area contributed by atoms with Crippen molar-refractivity contribution in [1.29, 1.82) is 0 Å². The van der Waals surface area contributed by atoms with Crippen LogP contribution in [0.4, 0.5) is 0 Å². The van der Waals surface area contributed by atoms with Crippen LogP contribution in [0.5, 0.6) is 0 Å². The summed E-state index contributed by atoms with van der Waals surface area (Å²) < 4.78 is 0.702. The van der Waals surface area contributed by atoms with E-state index in [-0.39, 0.29) is 5.91 Å². The van der Waals surface area contributed by atoms with Crippen molar-refractivity contribution >= 4 is 34.8 Å². The maximum atomic E-state index is 11.9. The molecule has 2 N–H and O–H groups in total. The average molecular weight is 302 g/mol. The van der Waals surface area contributed by atoms with Gasteiger partial charge in [0.1, 0.15) is 5.54 Å². The normalized spacial score (nSPS) is 17.3. The minimum absolute atomic E-state index is 0.200. The molecule has 0 aromatic carbocycles. The molecule has 1 aliphatic carbocycles. The largest absolute Gasteiger partial charge is 0.480 e. The lowest BCUT2D eigenvalue weighted by Gasteiger charge is -2.25. The fourth-order valence-electron chi connectivity index (χ4n) is 2.42. The van der Waals surface area contributed by atoms with E-state index in [1.807, 2.05) is 6.07 Å². The molecule has 19 heavy (non-hydrogen) atoms. The van der Waals surface area contributed by atoms with Gasteiger partial charge in [0.2, 0.25) is 5.91 Å². The fourth-order valence-corrected chi connectivity index (χ4v) is 3.51. The molecule has 1 saturated carbocycles. The number of thiophene rings is 1. The molecule has 1 amide bonds. The Morgan fingerprint density at radius 3 is 2.58 bits per heavy atom. The Kier molecular flexibility index (Phi) is 4.47. The smallest absolute Gasteiger partial charge is 0.329 e. The lowest BCUT2D eigenvalue weighted by atomic mass is 9.97. The number of carbonyl (C=O) groups excluding carboxylic acids is 1. The highest BCUT2D eigenvalue weighted by molar-refractivity contribution is 7.16. The maximum Gasteiger partial charge on any atom is 0.329 e. The van der Waals surface area contributed by atoms with Gasteiger partial charge in [0.25, 0.3) is 0 Å². The van der Waals surface area contributed by atoms with Crippen LogP contribution in [0.3, 0.4) is 0 Å². The Morgan fingerprint density at radius 1 is 1.37 bits per heavy atom. The molecule has 6 heteroatoms. The van der Waals surface area contributed by atoms with Crippen molar-refractivity contribution in [2.75, 3.05) is 0 Å². The summed E-state index contributed by atoms with van der Waals surface area (Å²) in [7, 11) is 0. The third-order valence-corrected chi connectivity index (χ3v) is 4.76. The number of aryl methyl sites for hydroxylation is 1. The van der Waals surface area contributed by atoms with Gasteiger partial charge < -0.3 is 10.4 Å². The molecular weight excluding hydrogens is 286 g/mol. The molecule has 104 valence electrons. The third kappa shape index (κ3) is 3.48. The first-order chi connectivity index (χ1) is 9.02. The van der Waals surface area contributed by atoms with Gasteiger partial charge in [-0.3, -0.25) is 4.79 Å². The summed E-state index contributed by atoms with van der Waals surface area (Å²) in [5.74, 6) is -1.12. The summed E-state index contributed by atoms with van der Waals surface area (Å²) in [4.78, 5) is 24.2. The van der Waals surface area contributed by atoms with Crippen molar-refractivity contribution in [2.24, 2.45) is 0 Å². The van der Waals surface area contributed by atoms with E-state index in [1.165, 1.54) is 11.3 Å². The molecule has 0 atom stereocenters. The zero-order valence-electron chi connectivity index (χ0n) is 10.4. The second kappa shape index (κ2) is 5.92. The van der Waals surface area contributed by atoms with Crippen molar-refractivity contribution in [3.8, 4) is 0 Å². The average Bonchev–Trinajstić information content (AvgIpc) is 2.97. The zero-order valence-corrected chi connectivity index (χ0v) is 12.0.